The minimum absolute atomic E-state index is 0.0734. The van der Waals surface area contributed by atoms with Crippen molar-refractivity contribution in [2.45, 2.75) is 64.1 Å². The lowest BCUT2D eigenvalue weighted by molar-refractivity contribution is -0.141. The fourth-order valence-corrected chi connectivity index (χ4v) is 5.34. The molecule has 0 aliphatic carbocycles. The molecular weight excluding hydrogens is 510 g/mol. The molecule has 1 N–H and O–H groups in total. The number of hydrogen-bond donors (Lipinski definition) is 1. The molecule has 0 unspecified atom stereocenters. The number of nitrogens with zero attached hydrogens (tertiary/aromatic N) is 2. The maximum absolute atomic E-state index is 13.9. The zero-order valence-corrected chi connectivity index (χ0v) is 24.2. The van der Waals surface area contributed by atoms with E-state index >= 15 is 0 Å². The molecule has 0 heterocycles. The Morgan fingerprint density at radius 3 is 2.13 bits per heavy atom. The standard InChI is InChI=1S/C31H39N3O4S/c1-6-25(4)32-31(36)29(20-26-13-8-7-9-14-26)34(21-27-15-11-10-12-24(27)3)30(35)22-33(5)39(37,38)28-18-16-23(2)17-19-28/h7-19,25,29H,6,20-22H2,1-5H3,(H,32,36)/t25-,29+/m1/s1. The van der Waals surface area contributed by atoms with E-state index in [4.69, 9.17) is 0 Å². The molecule has 0 saturated carbocycles. The van der Waals surface area contributed by atoms with Crippen LogP contribution in [0.5, 0.6) is 0 Å². The lowest BCUT2D eigenvalue weighted by Gasteiger charge is -2.33. The molecule has 3 aromatic rings. The molecule has 2 atom stereocenters. The van der Waals surface area contributed by atoms with Gasteiger partial charge in [0.05, 0.1) is 11.4 Å². The van der Waals surface area contributed by atoms with Crippen LogP contribution in [0.3, 0.4) is 0 Å². The monoisotopic (exact) mass is 549 g/mol. The van der Waals surface area contributed by atoms with Gasteiger partial charge in [-0.05, 0) is 56.0 Å². The first-order valence-electron chi connectivity index (χ1n) is 13.2. The first-order valence-corrected chi connectivity index (χ1v) is 14.7. The Labute approximate surface area is 232 Å². The maximum atomic E-state index is 13.9. The Morgan fingerprint density at radius 2 is 1.51 bits per heavy atom. The number of hydrogen-bond acceptors (Lipinski definition) is 4. The fourth-order valence-electron chi connectivity index (χ4n) is 4.22. The summed E-state index contributed by atoms with van der Waals surface area (Å²) in [6.07, 6.45) is 1.04. The second kappa shape index (κ2) is 13.5. The van der Waals surface area contributed by atoms with Crippen molar-refractivity contribution in [1.29, 1.82) is 0 Å². The Kier molecular flexibility index (Phi) is 10.4. The quantitative estimate of drug-likeness (QED) is 0.361. The molecule has 0 radical (unpaired) electrons. The lowest BCUT2D eigenvalue weighted by atomic mass is 10.0. The van der Waals surface area contributed by atoms with Crippen molar-refractivity contribution in [3.63, 3.8) is 0 Å². The lowest BCUT2D eigenvalue weighted by Crippen LogP contribution is -2.54. The third-order valence-electron chi connectivity index (χ3n) is 6.96. The smallest absolute Gasteiger partial charge is 0.243 e. The summed E-state index contributed by atoms with van der Waals surface area (Å²) >= 11 is 0. The third-order valence-corrected chi connectivity index (χ3v) is 8.78. The molecular formula is C31H39N3O4S. The van der Waals surface area contributed by atoms with Gasteiger partial charge in [0.25, 0.3) is 0 Å². The first kappa shape index (κ1) is 30.1. The predicted octanol–water partition coefficient (Wildman–Crippen LogP) is 4.48. The van der Waals surface area contributed by atoms with E-state index in [2.05, 4.69) is 5.32 Å². The van der Waals surface area contributed by atoms with E-state index in [0.29, 0.717) is 6.42 Å². The first-order chi connectivity index (χ1) is 18.5. The van der Waals surface area contributed by atoms with Gasteiger partial charge in [-0.15, -0.1) is 0 Å². The Hall–Kier alpha value is -3.49. The van der Waals surface area contributed by atoms with E-state index < -0.39 is 28.5 Å². The summed E-state index contributed by atoms with van der Waals surface area (Å²) in [5, 5.41) is 3.04. The molecule has 8 heteroatoms. The molecule has 0 fully saturated rings. The molecule has 0 saturated heterocycles. The molecule has 0 spiro atoms. The van der Waals surface area contributed by atoms with Crippen molar-refractivity contribution < 1.29 is 18.0 Å². The summed E-state index contributed by atoms with van der Waals surface area (Å²) in [4.78, 5) is 29.2. The van der Waals surface area contributed by atoms with Crippen LogP contribution in [0.2, 0.25) is 0 Å². The van der Waals surface area contributed by atoms with Crippen LogP contribution in [-0.2, 0) is 32.6 Å². The van der Waals surface area contributed by atoms with Crippen molar-refractivity contribution in [2.24, 2.45) is 0 Å². The average Bonchev–Trinajstić information content (AvgIpc) is 2.92. The summed E-state index contributed by atoms with van der Waals surface area (Å²) < 4.78 is 27.6. The van der Waals surface area contributed by atoms with Gasteiger partial charge < -0.3 is 10.2 Å². The molecule has 3 aromatic carbocycles. The highest BCUT2D eigenvalue weighted by molar-refractivity contribution is 7.89. The second-order valence-corrected chi connectivity index (χ2v) is 12.1. The van der Waals surface area contributed by atoms with Crippen molar-refractivity contribution in [2.75, 3.05) is 13.6 Å². The van der Waals surface area contributed by atoms with E-state index in [1.54, 1.807) is 12.1 Å². The minimum Gasteiger partial charge on any atom is -0.352 e. The molecule has 0 aromatic heterocycles. The molecule has 2 amide bonds. The number of benzene rings is 3. The van der Waals surface area contributed by atoms with Crippen LogP contribution in [0.4, 0.5) is 0 Å². The molecule has 0 bridgehead atoms. The Bertz CT molecular complexity index is 1360. The normalized spacial score (nSPS) is 13.1. The highest BCUT2D eigenvalue weighted by Crippen LogP contribution is 2.20. The average molecular weight is 550 g/mol. The zero-order valence-electron chi connectivity index (χ0n) is 23.4. The van der Waals surface area contributed by atoms with Gasteiger partial charge in [-0.3, -0.25) is 9.59 Å². The number of amides is 2. The number of rotatable bonds is 12. The van der Waals surface area contributed by atoms with Crippen LogP contribution >= 0.6 is 0 Å². The van der Waals surface area contributed by atoms with Gasteiger partial charge in [-0.1, -0.05) is 79.2 Å². The number of carbonyl (C=O) groups is 2. The number of carbonyl (C=O) groups excluding carboxylic acids is 2. The summed E-state index contributed by atoms with van der Waals surface area (Å²) in [6, 6.07) is 22.9. The van der Waals surface area contributed by atoms with Crippen molar-refractivity contribution >= 4 is 21.8 Å². The molecule has 39 heavy (non-hydrogen) atoms. The fraction of sp³-hybridized carbons (Fsp3) is 0.355. The topological polar surface area (TPSA) is 86.8 Å². The van der Waals surface area contributed by atoms with Crippen LogP contribution in [0.25, 0.3) is 0 Å². The minimum atomic E-state index is -3.91. The highest BCUT2D eigenvalue weighted by atomic mass is 32.2. The largest absolute Gasteiger partial charge is 0.352 e. The predicted molar refractivity (Wildman–Crippen MR) is 155 cm³/mol. The second-order valence-electron chi connectivity index (χ2n) is 10.0. The van der Waals surface area contributed by atoms with E-state index in [9.17, 15) is 18.0 Å². The van der Waals surface area contributed by atoms with Gasteiger partial charge in [-0.25, -0.2) is 8.42 Å². The van der Waals surface area contributed by atoms with Crippen molar-refractivity contribution in [3.05, 3.63) is 101 Å². The summed E-state index contributed by atoms with van der Waals surface area (Å²) in [5.74, 6) is -0.712. The van der Waals surface area contributed by atoms with Crippen molar-refractivity contribution in [3.8, 4) is 0 Å². The van der Waals surface area contributed by atoms with E-state index in [0.717, 1.165) is 33.0 Å². The van der Waals surface area contributed by atoms with Crippen molar-refractivity contribution in [1.82, 2.24) is 14.5 Å². The van der Waals surface area contributed by atoms with Gasteiger partial charge in [0.2, 0.25) is 21.8 Å². The molecule has 208 valence electrons. The number of sulfonamides is 1. The molecule has 3 rings (SSSR count). The van der Waals surface area contributed by atoms with Gasteiger partial charge in [-0.2, -0.15) is 4.31 Å². The highest BCUT2D eigenvalue weighted by Gasteiger charge is 2.33. The van der Waals surface area contributed by atoms with Gasteiger partial charge >= 0.3 is 0 Å². The van der Waals surface area contributed by atoms with Gasteiger partial charge in [0, 0.05) is 26.1 Å². The van der Waals surface area contributed by atoms with Crippen LogP contribution in [0, 0.1) is 13.8 Å². The van der Waals surface area contributed by atoms with E-state index in [1.165, 1.54) is 24.1 Å². The van der Waals surface area contributed by atoms with Gasteiger partial charge in [0.15, 0.2) is 0 Å². The van der Waals surface area contributed by atoms with E-state index in [-0.39, 0.29) is 23.4 Å². The Balaban J connectivity index is 1.99. The van der Waals surface area contributed by atoms with E-state index in [1.807, 2.05) is 82.3 Å². The van der Waals surface area contributed by atoms with Crippen LogP contribution in [0.15, 0.2) is 83.8 Å². The SMILES string of the molecule is CC[C@@H](C)NC(=O)[C@H](Cc1ccccc1)N(Cc1ccccc1C)C(=O)CN(C)S(=O)(=O)c1ccc(C)cc1. The number of aryl methyl sites for hydroxylation is 2. The summed E-state index contributed by atoms with van der Waals surface area (Å²) in [7, 11) is -2.51. The van der Waals surface area contributed by atoms with Crippen LogP contribution < -0.4 is 5.32 Å². The zero-order chi connectivity index (χ0) is 28.6. The summed E-state index contributed by atoms with van der Waals surface area (Å²) in [6.45, 7) is 7.52. The Morgan fingerprint density at radius 1 is 0.897 bits per heavy atom. The molecule has 7 nitrogen and oxygen atoms in total. The number of likely N-dealkylation sites (N-methyl/N-ethyl adjacent to an activating group) is 1. The molecule has 0 aliphatic heterocycles. The number of nitrogens with one attached hydrogen (secondary N) is 1. The molecule has 0 aliphatic rings. The van der Waals surface area contributed by atoms with Crippen LogP contribution in [-0.4, -0.2) is 55.1 Å². The third kappa shape index (κ3) is 8.00. The maximum Gasteiger partial charge on any atom is 0.243 e. The van der Waals surface area contributed by atoms with Crippen LogP contribution in [0.1, 0.15) is 42.5 Å². The van der Waals surface area contributed by atoms with Gasteiger partial charge in [0.1, 0.15) is 6.04 Å². The summed E-state index contributed by atoms with van der Waals surface area (Å²) in [5.41, 5.74) is 3.72.